The second kappa shape index (κ2) is 9.41. The van der Waals surface area contributed by atoms with E-state index in [0.29, 0.717) is 24.4 Å². The van der Waals surface area contributed by atoms with Crippen molar-refractivity contribution < 1.29 is 9.59 Å². The Morgan fingerprint density at radius 2 is 1.95 bits per heavy atom. The van der Waals surface area contributed by atoms with Gasteiger partial charge in [-0.25, -0.2) is 0 Å². The SMILES string of the molecule is CCCN(CCC)C(=O)CCCC(=O)Nc1nncs1. The van der Waals surface area contributed by atoms with Crippen LogP contribution in [0.3, 0.4) is 0 Å². The number of nitrogens with zero attached hydrogens (tertiary/aromatic N) is 3. The Balaban J connectivity index is 2.24. The second-order valence-corrected chi connectivity index (χ2v) is 5.36. The van der Waals surface area contributed by atoms with E-state index in [-0.39, 0.29) is 11.8 Å². The van der Waals surface area contributed by atoms with Crippen molar-refractivity contribution in [3.8, 4) is 0 Å². The summed E-state index contributed by atoms with van der Waals surface area (Å²) in [7, 11) is 0. The molecule has 0 aliphatic carbocycles. The summed E-state index contributed by atoms with van der Waals surface area (Å²) in [4.78, 5) is 25.5. The minimum absolute atomic E-state index is 0.118. The third kappa shape index (κ3) is 6.10. The van der Waals surface area contributed by atoms with Crippen molar-refractivity contribution in [2.45, 2.75) is 46.0 Å². The fraction of sp³-hybridized carbons (Fsp3) is 0.692. The van der Waals surface area contributed by atoms with Crippen LogP contribution in [-0.2, 0) is 9.59 Å². The highest BCUT2D eigenvalue weighted by atomic mass is 32.1. The molecule has 1 aromatic heterocycles. The molecule has 1 rings (SSSR count). The number of nitrogens with one attached hydrogen (secondary N) is 1. The molecule has 1 aromatic rings. The lowest BCUT2D eigenvalue weighted by Crippen LogP contribution is -2.32. The molecule has 0 aromatic carbocycles. The number of hydrogen-bond acceptors (Lipinski definition) is 5. The smallest absolute Gasteiger partial charge is 0.226 e. The van der Waals surface area contributed by atoms with Gasteiger partial charge < -0.3 is 10.2 Å². The molecule has 2 amide bonds. The molecule has 0 fully saturated rings. The van der Waals surface area contributed by atoms with Crippen LogP contribution in [0.2, 0.25) is 0 Å². The van der Waals surface area contributed by atoms with Gasteiger partial charge in [0.05, 0.1) is 0 Å². The van der Waals surface area contributed by atoms with Crippen molar-refractivity contribution in [2.24, 2.45) is 0 Å². The normalized spacial score (nSPS) is 10.3. The van der Waals surface area contributed by atoms with Gasteiger partial charge in [-0.2, -0.15) is 0 Å². The number of carbonyl (C=O) groups is 2. The van der Waals surface area contributed by atoms with Crippen molar-refractivity contribution in [1.82, 2.24) is 15.1 Å². The molecule has 0 saturated carbocycles. The van der Waals surface area contributed by atoms with Crippen LogP contribution >= 0.6 is 11.3 Å². The first-order valence-corrected chi connectivity index (χ1v) is 7.89. The molecule has 0 aliphatic heterocycles. The van der Waals surface area contributed by atoms with Gasteiger partial charge in [-0.05, 0) is 19.3 Å². The molecule has 0 unspecified atom stereocenters. The first-order valence-electron chi connectivity index (χ1n) is 7.01. The van der Waals surface area contributed by atoms with E-state index in [4.69, 9.17) is 0 Å². The molecule has 0 radical (unpaired) electrons. The zero-order chi connectivity index (χ0) is 14.8. The van der Waals surface area contributed by atoms with Crippen LogP contribution in [0.25, 0.3) is 0 Å². The lowest BCUT2D eigenvalue weighted by Gasteiger charge is -2.21. The Morgan fingerprint density at radius 3 is 2.50 bits per heavy atom. The number of aromatic nitrogens is 2. The van der Waals surface area contributed by atoms with Gasteiger partial charge >= 0.3 is 0 Å². The summed E-state index contributed by atoms with van der Waals surface area (Å²) in [6.45, 7) is 5.71. The third-order valence-electron chi connectivity index (χ3n) is 2.74. The molecular weight excluding hydrogens is 276 g/mol. The summed E-state index contributed by atoms with van der Waals surface area (Å²) in [6, 6.07) is 0. The highest BCUT2D eigenvalue weighted by Gasteiger charge is 2.12. The maximum Gasteiger partial charge on any atom is 0.226 e. The van der Waals surface area contributed by atoms with E-state index in [9.17, 15) is 9.59 Å². The summed E-state index contributed by atoms with van der Waals surface area (Å²) < 4.78 is 0. The zero-order valence-corrected chi connectivity index (χ0v) is 12.9. The third-order valence-corrected chi connectivity index (χ3v) is 3.35. The van der Waals surface area contributed by atoms with E-state index in [0.717, 1.165) is 25.9 Å². The van der Waals surface area contributed by atoms with Crippen molar-refractivity contribution >= 4 is 28.3 Å². The number of amides is 2. The van der Waals surface area contributed by atoms with Crippen molar-refractivity contribution in [1.29, 1.82) is 0 Å². The lowest BCUT2D eigenvalue weighted by atomic mass is 10.2. The van der Waals surface area contributed by atoms with Gasteiger partial charge in [0.1, 0.15) is 5.51 Å². The predicted octanol–water partition coefficient (Wildman–Crippen LogP) is 2.30. The summed E-state index contributed by atoms with van der Waals surface area (Å²) in [5, 5.41) is 10.5. The first-order chi connectivity index (χ1) is 9.67. The highest BCUT2D eigenvalue weighted by molar-refractivity contribution is 7.13. The topological polar surface area (TPSA) is 75.2 Å². The van der Waals surface area contributed by atoms with Crippen LogP contribution in [0, 0.1) is 0 Å². The maximum absolute atomic E-state index is 12.0. The van der Waals surface area contributed by atoms with Gasteiger partial charge in [-0.1, -0.05) is 25.2 Å². The molecule has 1 heterocycles. The first kappa shape index (κ1) is 16.6. The van der Waals surface area contributed by atoms with Crippen molar-refractivity contribution in [3.05, 3.63) is 5.51 Å². The molecule has 0 spiro atoms. The van der Waals surface area contributed by atoms with Gasteiger partial charge in [0.2, 0.25) is 16.9 Å². The number of anilines is 1. The van der Waals surface area contributed by atoms with Crippen molar-refractivity contribution in [3.63, 3.8) is 0 Å². The van der Waals surface area contributed by atoms with Gasteiger partial charge in [-0.3, -0.25) is 9.59 Å². The van der Waals surface area contributed by atoms with Crippen LogP contribution in [0.1, 0.15) is 46.0 Å². The quantitative estimate of drug-likeness (QED) is 0.759. The van der Waals surface area contributed by atoms with Gasteiger partial charge in [0, 0.05) is 25.9 Å². The molecule has 7 heteroatoms. The number of hydrogen-bond donors (Lipinski definition) is 1. The predicted molar refractivity (Wildman–Crippen MR) is 79.6 cm³/mol. The number of rotatable bonds is 9. The largest absolute Gasteiger partial charge is 0.343 e. The van der Waals surface area contributed by atoms with Crippen molar-refractivity contribution in [2.75, 3.05) is 18.4 Å². The monoisotopic (exact) mass is 298 g/mol. The molecule has 1 N–H and O–H groups in total. The van der Waals surface area contributed by atoms with E-state index in [1.54, 1.807) is 5.51 Å². The summed E-state index contributed by atoms with van der Waals surface area (Å²) in [5.74, 6) is 0.0181. The van der Waals surface area contributed by atoms with E-state index in [1.165, 1.54) is 11.3 Å². The Morgan fingerprint density at radius 1 is 1.25 bits per heavy atom. The standard InChI is InChI=1S/C13H22N4O2S/c1-3-8-17(9-4-2)12(19)7-5-6-11(18)15-13-16-14-10-20-13/h10H,3-9H2,1-2H3,(H,15,16,18). The van der Waals surface area contributed by atoms with Gasteiger partial charge in [0.15, 0.2) is 0 Å². The molecule has 6 nitrogen and oxygen atoms in total. The summed E-state index contributed by atoms with van der Waals surface area (Å²) >= 11 is 1.28. The molecule has 0 atom stereocenters. The minimum Gasteiger partial charge on any atom is -0.343 e. The zero-order valence-electron chi connectivity index (χ0n) is 12.1. The van der Waals surface area contributed by atoms with Gasteiger partial charge in [0.25, 0.3) is 0 Å². The number of carbonyl (C=O) groups excluding carboxylic acids is 2. The molecule has 0 saturated heterocycles. The average Bonchev–Trinajstić information content (AvgIpc) is 2.91. The Hall–Kier alpha value is -1.50. The molecule has 112 valence electrons. The van der Waals surface area contributed by atoms with Crippen LogP contribution in [0.5, 0.6) is 0 Å². The summed E-state index contributed by atoms with van der Waals surface area (Å²) in [5.41, 5.74) is 1.56. The molecule has 0 bridgehead atoms. The fourth-order valence-corrected chi connectivity index (χ4v) is 2.33. The molecule has 0 aliphatic rings. The van der Waals surface area contributed by atoms with Crippen LogP contribution in [0.15, 0.2) is 5.51 Å². The highest BCUT2D eigenvalue weighted by Crippen LogP contribution is 2.09. The maximum atomic E-state index is 12.0. The van der Waals surface area contributed by atoms with E-state index in [2.05, 4.69) is 29.4 Å². The van der Waals surface area contributed by atoms with Gasteiger partial charge in [-0.15, -0.1) is 10.2 Å². The van der Waals surface area contributed by atoms with E-state index in [1.807, 2.05) is 4.90 Å². The molecular formula is C13H22N4O2S. The minimum atomic E-state index is -0.118. The Labute approximate surface area is 123 Å². The average molecular weight is 298 g/mol. The second-order valence-electron chi connectivity index (χ2n) is 4.53. The van der Waals surface area contributed by atoms with E-state index < -0.39 is 0 Å². The summed E-state index contributed by atoms with van der Waals surface area (Å²) in [6.07, 6.45) is 3.24. The van der Waals surface area contributed by atoms with Crippen LogP contribution < -0.4 is 5.32 Å². The fourth-order valence-electron chi connectivity index (χ4n) is 1.87. The molecule has 20 heavy (non-hydrogen) atoms. The van der Waals surface area contributed by atoms with Crippen LogP contribution in [-0.4, -0.2) is 40.0 Å². The Kier molecular flexibility index (Phi) is 7.79. The lowest BCUT2D eigenvalue weighted by molar-refractivity contribution is -0.131. The van der Waals surface area contributed by atoms with E-state index >= 15 is 0 Å². The van der Waals surface area contributed by atoms with Crippen LogP contribution in [0.4, 0.5) is 5.13 Å². The Bertz CT molecular complexity index is 403.